The van der Waals surface area contributed by atoms with Crippen LogP contribution in [0.25, 0.3) is 0 Å². The Morgan fingerprint density at radius 1 is 1.25 bits per heavy atom. The van der Waals surface area contributed by atoms with Gasteiger partial charge in [-0.1, -0.05) is 12.5 Å². The van der Waals surface area contributed by atoms with Crippen LogP contribution >= 0.6 is 15.9 Å². The van der Waals surface area contributed by atoms with Gasteiger partial charge in [0.05, 0.1) is 10.0 Å². The lowest BCUT2D eigenvalue weighted by molar-refractivity contribution is 0.0372. The summed E-state index contributed by atoms with van der Waals surface area (Å²) in [5.74, 6) is 0.0920. The van der Waals surface area contributed by atoms with Crippen LogP contribution in [0.3, 0.4) is 0 Å². The van der Waals surface area contributed by atoms with E-state index in [4.69, 9.17) is 5.73 Å². The zero-order chi connectivity index (χ0) is 14.1. The van der Waals surface area contributed by atoms with Gasteiger partial charge in [-0.15, -0.1) is 0 Å². The summed E-state index contributed by atoms with van der Waals surface area (Å²) < 4.78 is 0.719. The fraction of sp³-hybridized carbons (Fsp3) is 0.533. The summed E-state index contributed by atoms with van der Waals surface area (Å²) >= 11 is 3.43. The molecule has 2 N–H and O–H groups in total. The Hall–Kier alpha value is -1.07. The Morgan fingerprint density at radius 2 is 2.10 bits per heavy atom. The minimum Gasteiger partial charge on any atom is -0.398 e. The maximum absolute atomic E-state index is 12.7. The number of hydrogen-bond acceptors (Lipinski definition) is 3. The van der Waals surface area contributed by atoms with Crippen LogP contribution in [0.15, 0.2) is 22.7 Å². The molecular weight excluding hydrogens is 318 g/mol. The molecule has 1 aromatic rings. The van der Waals surface area contributed by atoms with E-state index in [2.05, 4.69) is 20.8 Å². The predicted molar refractivity (Wildman–Crippen MR) is 83.7 cm³/mol. The third-order valence-corrected chi connectivity index (χ3v) is 5.27. The van der Waals surface area contributed by atoms with E-state index in [1.54, 1.807) is 6.07 Å². The highest BCUT2D eigenvalue weighted by Crippen LogP contribution is 2.27. The van der Waals surface area contributed by atoms with E-state index in [1.165, 1.54) is 25.8 Å². The highest BCUT2D eigenvalue weighted by atomic mass is 79.9. The molecule has 1 aromatic carbocycles. The van der Waals surface area contributed by atoms with Crippen LogP contribution in [-0.2, 0) is 0 Å². The number of nitrogens with two attached hydrogens (primary N) is 1. The van der Waals surface area contributed by atoms with Gasteiger partial charge in [0, 0.05) is 31.4 Å². The maximum Gasteiger partial charge on any atom is 0.255 e. The number of anilines is 1. The summed E-state index contributed by atoms with van der Waals surface area (Å²) in [5, 5.41) is 0. The second kappa shape index (κ2) is 5.74. The summed E-state index contributed by atoms with van der Waals surface area (Å²) in [6.45, 7) is 3.85. The lowest BCUT2D eigenvalue weighted by atomic mass is 9.99. The summed E-state index contributed by atoms with van der Waals surface area (Å²) in [5.41, 5.74) is 7.16. The van der Waals surface area contributed by atoms with Crippen molar-refractivity contribution < 1.29 is 4.79 Å². The number of halogens is 1. The third kappa shape index (κ3) is 2.56. The first kappa shape index (κ1) is 13.9. The number of fused-ring (bicyclic) bond motifs is 1. The topological polar surface area (TPSA) is 49.6 Å². The van der Waals surface area contributed by atoms with E-state index in [9.17, 15) is 4.79 Å². The fourth-order valence-corrected chi connectivity index (χ4v) is 3.66. The Kier molecular flexibility index (Phi) is 3.98. The van der Waals surface area contributed by atoms with Gasteiger partial charge in [-0.2, -0.15) is 0 Å². The van der Waals surface area contributed by atoms with Crippen molar-refractivity contribution >= 4 is 27.5 Å². The van der Waals surface area contributed by atoms with Gasteiger partial charge in [0.25, 0.3) is 5.91 Å². The summed E-state index contributed by atoms with van der Waals surface area (Å²) in [6.07, 6.45) is 3.79. The molecule has 0 radical (unpaired) electrons. The van der Waals surface area contributed by atoms with Gasteiger partial charge in [0.15, 0.2) is 0 Å². The van der Waals surface area contributed by atoms with Crippen LogP contribution in [0.1, 0.15) is 29.6 Å². The molecule has 4 nitrogen and oxygen atoms in total. The van der Waals surface area contributed by atoms with Crippen LogP contribution in [0.2, 0.25) is 0 Å². The van der Waals surface area contributed by atoms with Gasteiger partial charge in [-0.25, -0.2) is 0 Å². The molecule has 0 saturated carbocycles. The Labute approximate surface area is 128 Å². The zero-order valence-electron chi connectivity index (χ0n) is 11.5. The minimum atomic E-state index is 0.0920. The van der Waals surface area contributed by atoms with Crippen LogP contribution in [0.4, 0.5) is 5.69 Å². The van der Waals surface area contributed by atoms with E-state index in [0.717, 1.165) is 24.1 Å². The predicted octanol–water partition coefficient (Wildman–Crippen LogP) is 2.34. The Balaban J connectivity index is 1.76. The molecule has 20 heavy (non-hydrogen) atoms. The first-order valence-corrected chi connectivity index (χ1v) is 8.03. The first-order chi connectivity index (χ1) is 9.66. The Morgan fingerprint density at radius 3 is 2.95 bits per heavy atom. The van der Waals surface area contributed by atoms with Crippen molar-refractivity contribution in [2.75, 3.05) is 31.9 Å². The number of nitrogens with zero attached hydrogens (tertiary/aromatic N) is 2. The zero-order valence-corrected chi connectivity index (χ0v) is 13.1. The number of piperazine rings is 1. The SMILES string of the molecule is Nc1cccc(C(=O)N2CCN3CCCCC3C2)c1Br. The summed E-state index contributed by atoms with van der Waals surface area (Å²) in [4.78, 5) is 17.2. The van der Waals surface area contributed by atoms with Gasteiger partial charge in [0.2, 0.25) is 0 Å². The van der Waals surface area contributed by atoms with Crippen molar-refractivity contribution in [3.05, 3.63) is 28.2 Å². The fourth-order valence-electron chi connectivity index (χ4n) is 3.23. The molecule has 2 heterocycles. The van der Waals surface area contributed by atoms with Gasteiger partial charge in [-0.3, -0.25) is 9.69 Å². The summed E-state index contributed by atoms with van der Waals surface area (Å²) in [6, 6.07) is 6.03. The van der Waals surface area contributed by atoms with Gasteiger partial charge >= 0.3 is 0 Å². The lowest BCUT2D eigenvalue weighted by Crippen LogP contribution is -2.56. The Bertz CT molecular complexity index is 520. The number of carbonyl (C=O) groups is 1. The van der Waals surface area contributed by atoms with E-state index in [-0.39, 0.29) is 5.91 Å². The number of benzene rings is 1. The monoisotopic (exact) mass is 337 g/mol. The largest absolute Gasteiger partial charge is 0.398 e. The van der Waals surface area contributed by atoms with E-state index in [0.29, 0.717) is 17.3 Å². The number of amides is 1. The average molecular weight is 338 g/mol. The molecule has 0 bridgehead atoms. The number of nitrogen functional groups attached to an aromatic ring is 1. The van der Waals surface area contributed by atoms with Crippen LogP contribution in [0, 0.1) is 0 Å². The average Bonchev–Trinajstić information content (AvgIpc) is 2.49. The third-order valence-electron chi connectivity index (χ3n) is 4.38. The molecule has 5 heteroatoms. The molecule has 1 amide bonds. The molecule has 0 spiro atoms. The minimum absolute atomic E-state index is 0.0920. The quantitative estimate of drug-likeness (QED) is 0.800. The number of rotatable bonds is 1. The van der Waals surface area contributed by atoms with Crippen molar-refractivity contribution in [2.24, 2.45) is 0 Å². The smallest absolute Gasteiger partial charge is 0.255 e. The standard InChI is InChI=1S/C15H20BrN3O/c16-14-12(5-3-6-13(14)17)15(20)19-9-8-18-7-2-1-4-11(18)10-19/h3,5-6,11H,1-2,4,7-10,17H2. The summed E-state index contributed by atoms with van der Waals surface area (Å²) in [7, 11) is 0. The van der Waals surface area contributed by atoms with Gasteiger partial charge < -0.3 is 10.6 Å². The van der Waals surface area contributed by atoms with Crippen molar-refractivity contribution in [3.8, 4) is 0 Å². The van der Waals surface area contributed by atoms with Crippen molar-refractivity contribution in [1.82, 2.24) is 9.80 Å². The van der Waals surface area contributed by atoms with Crippen molar-refractivity contribution in [1.29, 1.82) is 0 Å². The number of hydrogen-bond donors (Lipinski definition) is 1. The second-order valence-corrected chi connectivity index (χ2v) is 6.44. The molecule has 1 atom stereocenters. The highest BCUT2D eigenvalue weighted by Gasteiger charge is 2.31. The molecule has 108 valence electrons. The van der Waals surface area contributed by atoms with Crippen molar-refractivity contribution in [2.45, 2.75) is 25.3 Å². The van der Waals surface area contributed by atoms with Gasteiger partial charge in [-0.05, 0) is 47.4 Å². The van der Waals surface area contributed by atoms with Crippen molar-refractivity contribution in [3.63, 3.8) is 0 Å². The second-order valence-electron chi connectivity index (χ2n) is 5.65. The molecule has 2 saturated heterocycles. The van der Waals surface area contributed by atoms with E-state index in [1.807, 2.05) is 17.0 Å². The molecule has 0 aliphatic carbocycles. The molecule has 2 fully saturated rings. The number of carbonyl (C=O) groups excluding carboxylic acids is 1. The van der Waals surface area contributed by atoms with E-state index < -0.39 is 0 Å². The molecule has 2 aliphatic rings. The maximum atomic E-state index is 12.7. The number of piperidine rings is 1. The molecule has 3 rings (SSSR count). The molecular formula is C15H20BrN3O. The molecule has 2 aliphatic heterocycles. The first-order valence-electron chi connectivity index (χ1n) is 7.24. The van der Waals surface area contributed by atoms with Crippen LogP contribution in [-0.4, -0.2) is 47.9 Å². The van der Waals surface area contributed by atoms with Crippen LogP contribution in [0.5, 0.6) is 0 Å². The normalized spacial score (nSPS) is 23.4. The molecule has 0 aromatic heterocycles. The lowest BCUT2D eigenvalue weighted by Gasteiger charge is -2.44. The van der Waals surface area contributed by atoms with E-state index >= 15 is 0 Å². The van der Waals surface area contributed by atoms with Crippen LogP contribution < -0.4 is 5.73 Å². The highest BCUT2D eigenvalue weighted by molar-refractivity contribution is 9.10. The van der Waals surface area contributed by atoms with Gasteiger partial charge in [0.1, 0.15) is 0 Å². The molecule has 1 unspecified atom stereocenters.